The predicted octanol–water partition coefficient (Wildman–Crippen LogP) is 2.71. The van der Waals surface area contributed by atoms with E-state index in [-0.39, 0.29) is 11.9 Å². The lowest BCUT2D eigenvalue weighted by molar-refractivity contribution is -0.123. The van der Waals surface area contributed by atoms with Crippen LogP contribution in [0.3, 0.4) is 0 Å². The van der Waals surface area contributed by atoms with Crippen molar-refractivity contribution in [2.75, 3.05) is 7.05 Å². The van der Waals surface area contributed by atoms with Crippen LogP contribution in [0.15, 0.2) is 0 Å². The third kappa shape index (κ3) is 4.97. The Labute approximate surface area is 112 Å². The van der Waals surface area contributed by atoms with Gasteiger partial charge in [-0.05, 0) is 38.0 Å². The van der Waals surface area contributed by atoms with Gasteiger partial charge in [0.2, 0.25) is 5.91 Å². The van der Waals surface area contributed by atoms with E-state index in [0.717, 1.165) is 12.3 Å². The second kappa shape index (κ2) is 7.78. The van der Waals surface area contributed by atoms with Crippen molar-refractivity contribution in [1.82, 2.24) is 10.6 Å². The van der Waals surface area contributed by atoms with Crippen molar-refractivity contribution in [3.05, 3.63) is 0 Å². The monoisotopic (exact) mass is 254 g/mol. The largest absolute Gasteiger partial charge is 0.358 e. The van der Waals surface area contributed by atoms with Crippen LogP contribution in [-0.4, -0.2) is 25.0 Å². The quantitative estimate of drug-likeness (QED) is 0.765. The number of carbonyl (C=O) groups is 1. The fraction of sp³-hybridized carbons (Fsp3) is 0.933. The van der Waals surface area contributed by atoms with Gasteiger partial charge in [0.15, 0.2) is 0 Å². The zero-order valence-electron chi connectivity index (χ0n) is 12.5. The number of hydrogen-bond acceptors (Lipinski definition) is 2. The van der Waals surface area contributed by atoms with Crippen LogP contribution in [0.5, 0.6) is 0 Å². The van der Waals surface area contributed by atoms with Crippen LogP contribution in [-0.2, 0) is 4.79 Å². The third-order valence-corrected chi connectivity index (χ3v) is 4.09. The Hall–Kier alpha value is -0.570. The first kappa shape index (κ1) is 15.5. The zero-order chi connectivity index (χ0) is 13.5. The molecule has 3 nitrogen and oxygen atoms in total. The van der Waals surface area contributed by atoms with E-state index in [0.29, 0.717) is 12.0 Å². The summed E-state index contributed by atoms with van der Waals surface area (Å²) in [5.74, 6) is 1.42. The molecule has 0 aromatic rings. The molecule has 0 aliphatic heterocycles. The van der Waals surface area contributed by atoms with Crippen molar-refractivity contribution in [3.8, 4) is 0 Å². The first-order chi connectivity index (χ1) is 8.54. The van der Waals surface area contributed by atoms with Crippen LogP contribution in [0.4, 0.5) is 0 Å². The van der Waals surface area contributed by atoms with E-state index in [1.807, 2.05) is 0 Å². The predicted molar refractivity (Wildman–Crippen MR) is 76.5 cm³/mol. The lowest BCUT2D eigenvalue weighted by Gasteiger charge is -2.31. The van der Waals surface area contributed by atoms with E-state index < -0.39 is 0 Å². The highest BCUT2D eigenvalue weighted by molar-refractivity contribution is 5.81. The molecule has 0 spiro atoms. The second-order valence-electron chi connectivity index (χ2n) is 6.15. The van der Waals surface area contributed by atoms with Crippen molar-refractivity contribution < 1.29 is 4.79 Å². The molecule has 3 heteroatoms. The highest BCUT2D eigenvalue weighted by atomic mass is 16.2. The Bertz CT molecular complexity index is 247. The number of hydrogen-bond donors (Lipinski definition) is 2. The molecule has 0 aromatic heterocycles. The lowest BCUT2D eigenvalue weighted by atomic mass is 9.84. The van der Waals surface area contributed by atoms with E-state index in [1.54, 1.807) is 7.05 Å². The van der Waals surface area contributed by atoms with Gasteiger partial charge in [-0.25, -0.2) is 0 Å². The molecule has 1 amide bonds. The van der Waals surface area contributed by atoms with Crippen LogP contribution in [0.1, 0.15) is 59.3 Å². The van der Waals surface area contributed by atoms with Gasteiger partial charge >= 0.3 is 0 Å². The summed E-state index contributed by atoms with van der Waals surface area (Å²) in [6.07, 6.45) is 7.63. The first-order valence-corrected chi connectivity index (χ1v) is 7.52. The number of likely N-dealkylation sites (N-methyl/N-ethyl adjacent to an activating group) is 1. The van der Waals surface area contributed by atoms with Crippen LogP contribution in [0.2, 0.25) is 0 Å². The number of rotatable bonds is 6. The SMILES string of the molecule is CNC(=O)C(CC(C)C)NC(C)C1CCCCC1. The molecule has 0 heterocycles. The van der Waals surface area contributed by atoms with Crippen LogP contribution in [0, 0.1) is 11.8 Å². The van der Waals surface area contributed by atoms with Crippen LogP contribution in [0.25, 0.3) is 0 Å². The molecule has 0 radical (unpaired) electrons. The average molecular weight is 254 g/mol. The normalized spacial score (nSPS) is 20.7. The van der Waals surface area contributed by atoms with E-state index >= 15 is 0 Å². The van der Waals surface area contributed by atoms with Gasteiger partial charge in [0.1, 0.15) is 0 Å². The minimum Gasteiger partial charge on any atom is -0.358 e. The Morgan fingerprint density at radius 1 is 1.17 bits per heavy atom. The van der Waals surface area contributed by atoms with Gasteiger partial charge in [0.25, 0.3) is 0 Å². The molecule has 2 N–H and O–H groups in total. The average Bonchev–Trinajstić information content (AvgIpc) is 2.37. The summed E-state index contributed by atoms with van der Waals surface area (Å²) < 4.78 is 0. The van der Waals surface area contributed by atoms with Gasteiger partial charge in [-0.1, -0.05) is 33.1 Å². The molecular weight excluding hydrogens is 224 g/mol. The van der Waals surface area contributed by atoms with Gasteiger partial charge in [-0.2, -0.15) is 0 Å². The topological polar surface area (TPSA) is 41.1 Å². The molecule has 2 unspecified atom stereocenters. The van der Waals surface area contributed by atoms with E-state index in [2.05, 4.69) is 31.4 Å². The van der Waals surface area contributed by atoms with Crippen molar-refractivity contribution in [2.24, 2.45) is 11.8 Å². The maximum atomic E-state index is 11.9. The van der Waals surface area contributed by atoms with Crippen molar-refractivity contribution in [2.45, 2.75) is 71.4 Å². The zero-order valence-corrected chi connectivity index (χ0v) is 12.5. The second-order valence-corrected chi connectivity index (χ2v) is 6.15. The number of carbonyl (C=O) groups excluding carboxylic acids is 1. The molecule has 2 atom stereocenters. The van der Waals surface area contributed by atoms with Gasteiger partial charge in [0, 0.05) is 13.1 Å². The number of amides is 1. The molecule has 0 aromatic carbocycles. The number of nitrogens with one attached hydrogen (secondary N) is 2. The van der Waals surface area contributed by atoms with Gasteiger partial charge in [-0.15, -0.1) is 0 Å². The summed E-state index contributed by atoms with van der Waals surface area (Å²) >= 11 is 0. The van der Waals surface area contributed by atoms with E-state index in [4.69, 9.17) is 0 Å². The minimum atomic E-state index is -0.0353. The molecule has 1 saturated carbocycles. The van der Waals surface area contributed by atoms with Crippen molar-refractivity contribution in [3.63, 3.8) is 0 Å². The van der Waals surface area contributed by atoms with E-state index in [9.17, 15) is 4.79 Å². The van der Waals surface area contributed by atoms with Gasteiger partial charge in [0.05, 0.1) is 6.04 Å². The summed E-state index contributed by atoms with van der Waals surface area (Å²) in [4.78, 5) is 11.9. The summed E-state index contributed by atoms with van der Waals surface area (Å²) in [5, 5.41) is 6.33. The third-order valence-electron chi connectivity index (χ3n) is 4.09. The van der Waals surface area contributed by atoms with Gasteiger partial charge < -0.3 is 10.6 Å². The van der Waals surface area contributed by atoms with Crippen molar-refractivity contribution in [1.29, 1.82) is 0 Å². The smallest absolute Gasteiger partial charge is 0.236 e. The standard InChI is InChI=1S/C15H30N2O/c1-11(2)10-14(15(18)16-4)17-12(3)13-8-6-5-7-9-13/h11-14,17H,5-10H2,1-4H3,(H,16,18). The molecular formula is C15H30N2O. The molecule has 0 saturated heterocycles. The molecule has 1 fully saturated rings. The lowest BCUT2D eigenvalue weighted by Crippen LogP contribution is -2.49. The highest BCUT2D eigenvalue weighted by Gasteiger charge is 2.25. The minimum absolute atomic E-state index is 0.0353. The summed E-state index contributed by atoms with van der Waals surface area (Å²) in [5.41, 5.74) is 0. The fourth-order valence-corrected chi connectivity index (χ4v) is 2.98. The maximum Gasteiger partial charge on any atom is 0.236 e. The Balaban J connectivity index is 2.49. The summed E-state index contributed by atoms with van der Waals surface area (Å²) in [7, 11) is 1.72. The van der Waals surface area contributed by atoms with Crippen molar-refractivity contribution >= 4 is 5.91 Å². The maximum absolute atomic E-state index is 11.9. The molecule has 0 bridgehead atoms. The molecule has 1 aliphatic rings. The van der Waals surface area contributed by atoms with Crippen LogP contribution >= 0.6 is 0 Å². The highest BCUT2D eigenvalue weighted by Crippen LogP contribution is 2.26. The molecule has 18 heavy (non-hydrogen) atoms. The Kier molecular flexibility index (Phi) is 6.69. The summed E-state index contributed by atoms with van der Waals surface area (Å²) in [6, 6.07) is 0.415. The molecule has 1 rings (SSSR count). The van der Waals surface area contributed by atoms with Gasteiger partial charge in [-0.3, -0.25) is 4.79 Å². The fourth-order valence-electron chi connectivity index (χ4n) is 2.98. The van der Waals surface area contributed by atoms with E-state index in [1.165, 1.54) is 32.1 Å². The van der Waals surface area contributed by atoms with Crippen LogP contribution < -0.4 is 10.6 Å². The Morgan fingerprint density at radius 2 is 1.78 bits per heavy atom. The molecule has 1 aliphatic carbocycles. The Morgan fingerprint density at radius 3 is 2.28 bits per heavy atom. The molecule has 106 valence electrons. The first-order valence-electron chi connectivity index (χ1n) is 7.52. The summed E-state index contributed by atoms with van der Waals surface area (Å²) in [6.45, 7) is 6.58.